The highest BCUT2D eigenvalue weighted by Gasteiger charge is 2.41. The van der Waals surface area contributed by atoms with Gasteiger partial charge in [-0.1, -0.05) is 67.8 Å². The first kappa shape index (κ1) is 53.7. The van der Waals surface area contributed by atoms with E-state index in [4.69, 9.17) is 17.2 Å². The monoisotopic (exact) mass is 950 g/mol. The summed E-state index contributed by atoms with van der Waals surface area (Å²) in [6.07, 6.45) is -0.678. The number of aromatic hydroxyl groups is 1. The van der Waals surface area contributed by atoms with Crippen molar-refractivity contribution < 1.29 is 58.2 Å². The topological polar surface area (TPSA) is 365 Å². The smallest absolute Gasteiger partial charge is 0.326 e. The van der Waals surface area contributed by atoms with E-state index < -0.39 is 126 Å². The minimum absolute atomic E-state index is 0.0420. The van der Waals surface area contributed by atoms with E-state index in [1.807, 2.05) is 0 Å². The Bertz CT molecular complexity index is 1910. The van der Waals surface area contributed by atoms with Crippen molar-refractivity contribution in [2.45, 2.75) is 127 Å². The first-order valence-electron chi connectivity index (χ1n) is 21.3. The van der Waals surface area contributed by atoms with E-state index in [1.165, 1.54) is 29.2 Å². The molecule has 14 N–H and O–H groups in total. The Kier molecular flexibility index (Phi) is 21.3. The van der Waals surface area contributed by atoms with E-state index in [1.54, 1.807) is 27.7 Å². The molecule has 1 aromatic rings. The second-order valence-electron chi connectivity index (χ2n) is 16.6. The van der Waals surface area contributed by atoms with Gasteiger partial charge in [-0.25, -0.2) is 4.79 Å². The average Bonchev–Trinajstić information content (AvgIpc) is 3.74. The van der Waals surface area contributed by atoms with Gasteiger partial charge in [0.2, 0.25) is 53.2 Å². The van der Waals surface area contributed by atoms with Gasteiger partial charge >= 0.3 is 5.97 Å². The highest BCUT2D eigenvalue weighted by atomic mass is 33.1. The van der Waals surface area contributed by atoms with Gasteiger partial charge in [-0.05, 0) is 55.2 Å². The van der Waals surface area contributed by atoms with Gasteiger partial charge in [-0.2, -0.15) is 0 Å². The molecule has 1 aromatic carbocycles. The van der Waals surface area contributed by atoms with Gasteiger partial charge in [-0.3, -0.25) is 43.2 Å². The van der Waals surface area contributed by atoms with E-state index in [0.717, 1.165) is 21.6 Å². The van der Waals surface area contributed by atoms with Crippen molar-refractivity contribution in [3.63, 3.8) is 0 Å². The maximum Gasteiger partial charge on any atom is 0.326 e. The minimum Gasteiger partial charge on any atom is -0.508 e. The molecule has 0 aromatic heterocycles. The molecule has 65 heavy (non-hydrogen) atoms. The fourth-order valence-electron chi connectivity index (χ4n) is 7.04. The van der Waals surface area contributed by atoms with E-state index >= 15 is 0 Å². The molecule has 360 valence electrons. The Balaban J connectivity index is 2.06. The zero-order valence-corrected chi connectivity index (χ0v) is 38.5. The molecule has 3 rings (SSSR count). The number of nitrogens with one attached hydrogen (secondary N) is 6. The van der Waals surface area contributed by atoms with Crippen LogP contribution in [0, 0.1) is 11.8 Å². The van der Waals surface area contributed by atoms with E-state index in [2.05, 4.69) is 31.9 Å². The summed E-state index contributed by atoms with van der Waals surface area (Å²) in [5.41, 5.74) is 17.7. The fraction of sp³-hybridized carbons (Fsp3) is 0.610. The predicted octanol–water partition coefficient (Wildman–Crippen LogP) is -2.13. The molecule has 0 saturated carbocycles. The summed E-state index contributed by atoms with van der Waals surface area (Å²) in [6.45, 7) is 7.04. The van der Waals surface area contributed by atoms with E-state index in [0.29, 0.717) is 18.4 Å². The Morgan fingerprint density at radius 2 is 1.42 bits per heavy atom. The molecule has 2 fully saturated rings. The number of amides is 9. The standard InChI is InChI=1S/C41H62N10O12S2/c1-5-21(4)33-39(60)45-25(12-13-31(43)53)35(56)47-27(17-32(44)54)36(57)49-29(40(61)51-14-6-7-30(51)38(59)48-28(41(62)63)15-20(2)3)19-65-64-18-24(42)34(55)46-26(37(58)50-33)16-22-8-10-23(52)11-9-22/h8-11,20-21,24-30,33,52H,5-7,12-19,42H2,1-4H3,(H2,43,53)(H2,44,54)(H,45,60)(H,46,55)(H,47,56)(H,48,59)(H,49,57)(H,50,58)(H,62,63)/t21-,24-,25?,26-,27-,28-,29-,30-,33-/m0/s1. The lowest BCUT2D eigenvalue weighted by atomic mass is 9.96. The van der Waals surface area contributed by atoms with Gasteiger partial charge in [0.25, 0.3) is 0 Å². The van der Waals surface area contributed by atoms with Crippen LogP contribution in [0.25, 0.3) is 0 Å². The number of carboxylic acids is 1. The highest BCUT2D eigenvalue weighted by molar-refractivity contribution is 8.76. The van der Waals surface area contributed by atoms with Crippen LogP contribution in [-0.2, 0) is 54.4 Å². The summed E-state index contributed by atoms with van der Waals surface area (Å²) in [4.78, 5) is 135. The van der Waals surface area contributed by atoms with Crippen molar-refractivity contribution in [1.82, 2.24) is 36.8 Å². The summed E-state index contributed by atoms with van der Waals surface area (Å²) in [7, 11) is 2.06. The van der Waals surface area contributed by atoms with Crippen LogP contribution in [0.4, 0.5) is 0 Å². The Hall–Kier alpha value is -5.62. The number of carboxylic acid groups (broad SMARTS) is 1. The second kappa shape index (κ2) is 25.8. The van der Waals surface area contributed by atoms with Crippen LogP contribution >= 0.6 is 21.6 Å². The van der Waals surface area contributed by atoms with Gasteiger partial charge in [0.05, 0.1) is 12.5 Å². The van der Waals surface area contributed by atoms with Crippen molar-refractivity contribution in [2.75, 3.05) is 18.1 Å². The van der Waals surface area contributed by atoms with Crippen molar-refractivity contribution in [1.29, 1.82) is 0 Å². The van der Waals surface area contributed by atoms with Crippen LogP contribution in [-0.4, -0.2) is 141 Å². The van der Waals surface area contributed by atoms with Crippen LogP contribution in [0.2, 0.25) is 0 Å². The molecule has 22 nitrogen and oxygen atoms in total. The number of carbonyl (C=O) groups is 10. The number of rotatable bonds is 15. The molecule has 2 saturated heterocycles. The third-order valence-electron chi connectivity index (χ3n) is 10.8. The molecule has 0 bridgehead atoms. The van der Waals surface area contributed by atoms with Gasteiger partial charge in [-0.15, -0.1) is 0 Å². The van der Waals surface area contributed by atoms with E-state index in [9.17, 15) is 58.2 Å². The zero-order chi connectivity index (χ0) is 48.5. The molecule has 2 heterocycles. The first-order valence-corrected chi connectivity index (χ1v) is 23.8. The summed E-state index contributed by atoms with van der Waals surface area (Å²) in [5, 5.41) is 34.9. The van der Waals surface area contributed by atoms with Gasteiger partial charge < -0.3 is 64.2 Å². The molecule has 2 aliphatic rings. The number of benzene rings is 1. The number of nitrogens with zero attached hydrogens (tertiary/aromatic N) is 1. The molecular formula is C41H62N10O12S2. The lowest BCUT2D eigenvalue weighted by molar-refractivity contribution is -0.145. The van der Waals surface area contributed by atoms with Gasteiger partial charge in [0.15, 0.2) is 0 Å². The van der Waals surface area contributed by atoms with Gasteiger partial charge in [0, 0.05) is 30.9 Å². The number of hydrogen-bond acceptors (Lipinski definition) is 14. The highest BCUT2D eigenvalue weighted by Crippen LogP contribution is 2.26. The number of nitrogens with two attached hydrogens (primary N) is 3. The predicted molar refractivity (Wildman–Crippen MR) is 240 cm³/mol. The van der Waals surface area contributed by atoms with Crippen molar-refractivity contribution in [3.05, 3.63) is 29.8 Å². The minimum atomic E-state index is -1.74. The number of primary amides is 2. The molecule has 0 radical (unpaired) electrons. The summed E-state index contributed by atoms with van der Waals surface area (Å²) in [5.74, 6) is -10.1. The van der Waals surface area contributed by atoms with Crippen molar-refractivity contribution in [3.8, 4) is 5.75 Å². The van der Waals surface area contributed by atoms with Crippen LogP contribution in [0.1, 0.15) is 78.2 Å². The number of likely N-dealkylation sites (tertiary alicyclic amines) is 1. The first-order chi connectivity index (χ1) is 30.6. The van der Waals surface area contributed by atoms with Crippen LogP contribution in [0.15, 0.2) is 24.3 Å². The number of phenols is 1. The maximum atomic E-state index is 14.3. The number of hydrogen-bond donors (Lipinski definition) is 11. The quantitative estimate of drug-likeness (QED) is 0.0837. The maximum absolute atomic E-state index is 14.3. The normalized spacial score (nSPS) is 25.2. The van der Waals surface area contributed by atoms with Crippen LogP contribution in [0.5, 0.6) is 5.75 Å². The summed E-state index contributed by atoms with van der Waals surface area (Å²) < 4.78 is 0. The number of carbonyl (C=O) groups excluding carboxylic acids is 9. The lowest BCUT2D eigenvalue weighted by Crippen LogP contribution is -2.61. The Labute approximate surface area is 384 Å². The summed E-state index contributed by atoms with van der Waals surface area (Å²) >= 11 is 0. The largest absolute Gasteiger partial charge is 0.508 e. The molecular weight excluding hydrogens is 889 g/mol. The SMILES string of the molecule is CC[C@H](C)[C@@H]1NC(=O)[C@H](Cc2ccc(O)cc2)NC(=O)[C@@H](N)CSSC[C@@H](C(=O)N2CCC[C@H]2C(=O)N[C@@H](CC(C)C)C(=O)O)NC(=O)[C@H](CC(N)=O)NC(=O)C(CCC(N)=O)NC1=O. The Morgan fingerprint density at radius 1 is 0.815 bits per heavy atom. The third-order valence-corrected chi connectivity index (χ3v) is 13.3. The van der Waals surface area contributed by atoms with E-state index in [-0.39, 0.29) is 55.4 Å². The fourth-order valence-corrected chi connectivity index (χ4v) is 9.31. The van der Waals surface area contributed by atoms with Crippen molar-refractivity contribution >= 4 is 80.7 Å². The summed E-state index contributed by atoms with van der Waals surface area (Å²) in [6, 6.07) is -5.08. The Morgan fingerprint density at radius 3 is 2.02 bits per heavy atom. The molecule has 9 amide bonds. The van der Waals surface area contributed by atoms with Crippen LogP contribution < -0.4 is 49.1 Å². The van der Waals surface area contributed by atoms with Gasteiger partial charge in [0.1, 0.15) is 48.0 Å². The molecule has 0 spiro atoms. The van der Waals surface area contributed by atoms with Crippen LogP contribution in [0.3, 0.4) is 0 Å². The number of aliphatic carboxylic acids is 1. The third kappa shape index (κ3) is 17.0. The molecule has 24 heteroatoms. The molecule has 1 unspecified atom stereocenters. The average molecular weight is 951 g/mol. The zero-order valence-electron chi connectivity index (χ0n) is 36.8. The van der Waals surface area contributed by atoms with Crippen molar-refractivity contribution in [2.24, 2.45) is 29.0 Å². The lowest BCUT2D eigenvalue weighted by Gasteiger charge is -2.31. The molecule has 0 aliphatic carbocycles. The molecule has 9 atom stereocenters. The second-order valence-corrected chi connectivity index (χ2v) is 19.1. The number of phenolic OH excluding ortho intramolecular Hbond substituents is 1. The molecule has 2 aliphatic heterocycles.